The molecule has 0 fully saturated rings. The molecule has 0 aliphatic heterocycles. The third kappa shape index (κ3) is 2.21. The van der Waals surface area contributed by atoms with Crippen molar-refractivity contribution in [2.24, 2.45) is 0 Å². The number of hydrogen-bond acceptors (Lipinski definition) is 1. The first-order valence-corrected chi connectivity index (χ1v) is 5.75. The Labute approximate surface area is 99.8 Å². The van der Waals surface area contributed by atoms with E-state index >= 15 is 0 Å². The van der Waals surface area contributed by atoms with Crippen molar-refractivity contribution < 1.29 is 4.39 Å². The van der Waals surface area contributed by atoms with E-state index in [1.807, 2.05) is 6.20 Å². The summed E-state index contributed by atoms with van der Waals surface area (Å²) in [5.41, 5.74) is 1.60. The first-order valence-electron chi connectivity index (χ1n) is 4.25. The van der Waals surface area contributed by atoms with Crippen LogP contribution in [0.1, 0.15) is 5.69 Å². The summed E-state index contributed by atoms with van der Waals surface area (Å²) < 4.78 is 14.9. The summed E-state index contributed by atoms with van der Waals surface area (Å²) in [4.78, 5) is 4.12. The van der Waals surface area contributed by atoms with E-state index in [0.29, 0.717) is 11.0 Å². The van der Waals surface area contributed by atoms with Gasteiger partial charge in [0, 0.05) is 17.2 Å². The predicted molar refractivity (Wildman–Crippen MR) is 61.2 cm³/mol. The molecule has 0 aliphatic carbocycles. The molecule has 78 valence electrons. The van der Waals surface area contributed by atoms with Gasteiger partial charge in [-0.1, -0.05) is 27.5 Å². The van der Waals surface area contributed by atoms with Gasteiger partial charge in [-0.15, -0.1) is 0 Å². The van der Waals surface area contributed by atoms with Crippen molar-refractivity contribution in [1.29, 1.82) is 0 Å². The normalized spacial score (nSPS) is 10.6. The topological polar surface area (TPSA) is 17.8 Å². The van der Waals surface area contributed by atoms with Crippen LogP contribution in [-0.2, 0) is 5.33 Å². The molecule has 0 spiro atoms. The number of halogens is 3. The van der Waals surface area contributed by atoms with Crippen molar-refractivity contribution in [2.75, 3.05) is 0 Å². The Morgan fingerprint density at radius 2 is 2.27 bits per heavy atom. The third-order valence-corrected chi connectivity index (χ3v) is 2.86. The van der Waals surface area contributed by atoms with Crippen LogP contribution in [0.5, 0.6) is 0 Å². The van der Waals surface area contributed by atoms with Gasteiger partial charge in [0.15, 0.2) is 0 Å². The number of nitrogens with zero attached hydrogens (tertiary/aromatic N) is 2. The summed E-state index contributed by atoms with van der Waals surface area (Å²) in [6.45, 7) is 0. The van der Waals surface area contributed by atoms with Crippen LogP contribution in [0.25, 0.3) is 5.69 Å². The molecule has 0 bridgehead atoms. The standard InChI is InChI=1S/C10H7BrClFN2/c11-4-7-5-15(6-14-7)8-1-2-9(12)10(13)3-8/h1-3,5-6H,4H2. The summed E-state index contributed by atoms with van der Waals surface area (Å²) in [6.07, 6.45) is 3.47. The van der Waals surface area contributed by atoms with Crippen LogP contribution in [-0.4, -0.2) is 9.55 Å². The molecule has 2 rings (SSSR count). The van der Waals surface area contributed by atoms with Crippen LogP contribution in [0.15, 0.2) is 30.7 Å². The number of rotatable bonds is 2. The van der Waals surface area contributed by atoms with E-state index in [-0.39, 0.29) is 5.02 Å². The summed E-state index contributed by atoms with van der Waals surface area (Å²) in [5.74, 6) is -0.428. The van der Waals surface area contributed by atoms with Gasteiger partial charge in [0.2, 0.25) is 0 Å². The second-order valence-corrected chi connectivity index (χ2v) is 3.97. The fourth-order valence-electron chi connectivity index (χ4n) is 1.22. The molecular weight excluding hydrogens is 282 g/mol. The second-order valence-electron chi connectivity index (χ2n) is 3.00. The molecule has 1 aromatic carbocycles. The Bertz CT molecular complexity index is 484. The molecule has 5 heteroatoms. The number of benzene rings is 1. The minimum Gasteiger partial charge on any atom is -0.306 e. The van der Waals surface area contributed by atoms with Gasteiger partial charge in [0.05, 0.1) is 17.0 Å². The highest BCUT2D eigenvalue weighted by Gasteiger charge is 2.03. The molecule has 1 aromatic heterocycles. The number of hydrogen-bond donors (Lipinski definition) is 0. The monoisotopic (exact) mass is 288 g/mol. The smallest absolute Gasteiger partial charge is 0.143 e. The van der Waals surface area contributed by atoms with Gasteiger partial charge in [-0.2, -0.15) is 0 Å². The van der Waals surface area contributed by atoms with Crippen LogP contribution in [0.4, 0.5) is 4.39 Å². The zero-order valence-electron chi connectivity index (χ0n) is 7.62. The molecule has 0 N–H and O–H groups in total. The molecule has 0 unspecified atom stereocenters. The van der Waals surface area contributed by atoms with Crippen LogP contribution in [0, 0.1) is 5.82 Å². The van der Waals surface area contributed by atoms with Gasteiger partial charge >= 0.3 is 0 Å². The highest BCUT2D eigenvalue weighted by Crippen LogP contribution is 2.18. The minimum absolute atomic E-state index is 0.125. The maximum atomic E-state index is 13.2. The lowest BCUT2D eigenvalue weighted by molar-refractivity contribution is 0.627. The van der Waals surface area contributed by atoms with Gasteiger partial charge in [-0.3, -0.25) is 0 Å². The van der Waals surface area contributed by atoms with E-state index in [0.717, 1.165) is 5.69 Å². The van der Waals surface area contributed by atoms with Gasteiger partial charge in [-0.05, 0) is 18.2 Å². The number of alkyl halides is 1. The fourth-order valence-corrected chi connectivity index (χ4v) is 1.63. The first-order chi connectivity index (χ1) is 7.20. The van der Waals surface area contributed by atoms with E-state index in [1.165, 1.54) is 12.1 Å². The minimum atomic E-state index is -0.428. The van der Waals surface area contributed by atoms with Crippen molar-refractivity contribution >= 4 is 27.5 Å². The lowest BCUT2D eigenvalue weighted by atomic mass is 10.3. The molecule has 0 saturated heterocycles. The molecule has 0 radical (unpaired) electrons. The molecule has 2 aromatic rings. The second kappa shape index (κ2) is 4.33. The molecule has 0 amide bonds. The Balaban J connectivity index is 2.40. The number of aromatic nitrogens is 2. The largest absolute Gasteiger partial charge is 0.306 e. The summed E-state index contributed by atoms with van der Waals surface area (Å²) >= 11 is 8.89. The highest BCUT2D eigenvalue weighted by atomic mass is 79.9. The van der Waals surface area contributed by atoms with Crippen LogP contribution < -0.4 is 0 Å². The number of imidazole rings is 1. The Hall–Kier alpha value is -0.870. The van der Waals surface area contributed by atoms with Crippen molar-refractivity contribution in [1.82, 2.24) is 9.55 Å². The summed E-state index contributed by atoms with van der Waals surface area (Å²) in [7, 11) is 0. The molecule has 0 atom stereocenters. The quantitative estimate of drug-likeness (QED) is 0.773. The van der Waals surface area contributed by atoms with Gasteiger partial charge < -0.3 is 4.57 Å². The van der Waals surface area contributed by atoms with Crippen molar-refractivity contribution in [2.45, 2.75) is 5.33 Å². The lowest BCUT2D eigenvalue weighted by Crippen LogP contribution is -1.91. The van der Waals surface area contributed by atoms with E-state index in [4.69, 9.17) is 11.6 Å². The average molecular weight is 290 g/mol. The average Bonchev–Trinajstić information content (AvgIpc) is 2.70. The maximum absolute atomic E-state index is 13.2. The first kappa shape index (κ1) is 10.6. The van der Waals surface area contributed by atoms with Crippen LogP contribution >= 0.6 is 27.5 Å². The molecule has 2 nitrogen and oxygen atoms in total. The Morgan fingerprint density at radius 3 is 2.87 bits per heavy atom. The van der Waals surface area contributed by atoms with E-state index in [2.05, 4.69) is 20.9 Å². The van der Waals surface area contributed by atoms with E-state index < -0.39 is 5.82 Å². The SMILES string of the molecule is Fc1cc(-n2cnc(CBr)c2)ccc1Cl. The summed E-state index contributed by atoms with van der Waals surface area (Å²) in [6, 6.07) is 4.65. The van der Waals surface area contributed by atoms with E-state index in [9.17, 15) is 4.39 Å². The van der Waals surface area contributed by atoms with Crippen molar-refractivity contribution in [3.8, 4) is 5.69 Å². The lowest BCUT2D eigenvalue weighted by Gasteiger charge is -2.02. The zero-order valence-corrected chi connectivity index (χ0v) is 9.96. The van der Waals surface area contributed by atoms with Gasteiger partial charge in [0.1, 0.15) is 5.82 Å². The highest BCUT2D eigenvalue weighted by molar-refractivity contribution is 9.08. The molecule has 0 saturated carbocycles. The predicted octanol–water partition coefficient (Wildman–Crippen LogP) is 3.56. The fraction of sp³-hybridized carbons (Fsp3) is 0.100. The molecule has 15 heavy (non-hydrogen) atoms. The third-order valence-electron chi connectivity index (χ3n) is 1.97. The van der Waals surface area contributed by atoms with Crippen molar-refractivity contribution in [3.05, 3.63) is 47.3 Å². The summed E-state index contributed by atoms with van der Waals surface area (Å²) in [5, 5.41) is 0.801. The van der Waals surface area contributed by atoms with Crippen LogP contribution in [0.3, 0.4) is 0 Å². The maximum Gasteiger partial charge on any atom is 0.143 e. The molecular formula is C10H7BrClFN2. The van der Waals surface area contributed by atoms with Gasteiger partial charge in [0.25, 0.3) is 0 Å². The van der Waals surface area contributed by atoms with Crippen molar-refractivity contribution in [3.63, 3.8) is 0 Å². The Morgan fingerprint density at radius 1 is 1.47 bits per heavy atom. The Kier molecular flexibility index (Phi) is 3.07. The van der Waals surface area contributed by atoms with Gasteiger partial charge in [-0.25, -0.2) is 9.37 Å². The zero-order chi connectivity index (χ0) is 10.8. The molecule has 0 aliphatic rings. The molecule has 1 heterocycles. The van der Waals surface area contributed by atoms with E-state index in [1.54, 1.807) is 17.0 Å². The van der Waals surface area contributed by atoms with Crippen LogP contribution in [0.2, 0.25) is 5.02 Å².